The molecule has 2 fully saturated rings. The third-order valence-electron chi connectivity index (χ3n) is 12.2. The maximum atomic E-state index is 12.7. The Balaban J connectivity index is 0.000000474. The first-order chi connectivity index (χ1) is 35.6. The average molecular weight is 1250 g/mol. The molecule has 0 aliphatic carbocycles. The van der Waals surface area contributed by atoms with Gasteiger partial charge >= 0.3 is 12.3 Å². The van der Waals surface area contributed by atoms with Crippen LogP contribution in [0.25, 0.3) is 44.1 Å². The molecule has 6 aromatic rings. The van der Waals surface area contributed by atoms with Gasteiger partial charge in [0, 0.05) is 77.9 Å². The summed E-state index contributed by atoms with van der Waals surface area (Å²) < 4.78 is 58.3. The molecule has 1 amide bonds. The highest BCUT2D eigenvalue weighted by molar-refractivity contribution is 7.59. The fourth-order valence-electron chi connectivity index (χ4n) is 8.77. The van der Waals surface area contributed by atoms with Crippen molar-refractivity contribution in [3.63, 3.8) is 0 Å². The third kappa shape index (κ3) is 18.2. The molecule has 8 rings (SSSR count). The lowest BCUT2D eigenvalue weighted by molar-refractivity contribution is -0.156. The van der Waals surface area contributed by atoms with Gasteiger partial charge in [-0.1, -0.05) is 58.5 Å². The summed E-state index contributed by atoms with van der Waals surface area (Å²) in [6, 6.07) is 19.4. The zero-order chi connectivity index (χ0) is 54.8. The number of amides is 1. The minimum Gasteiger partial charge on any atom is -0.495 e. The molecule has 4 aromatic carbocycles. The Hall–Kier alpha value is -5.01. The molecule has 0 bridgehead atoms. The molecule has 428 valence electrons. The number of likely N-dealkylation sites (tertiary alicyclic amines) is 1. The first kappa shape index (κ1) is 70.1. The number of nitriles is 2. The number of ether oxygens (including phenoxy) is 5. The van der Waals surface area contributed by atoms with Crippen molar-refractivity contribution in [3.05, 3.63) is 92.7 Å². The standard InChI is InChI=1S/C28H30Cl2N4O4.C23H22Cl2N4O2.C2HF3O.4H2S/c1-28(2,3)38-27(35)34-15-16(10-19(34)8-9-31)11-23-32-14-18-12-17(6-7-20(18)33-23)24-25(29)21(36-4)13-22(37-5)26(24)30;1-30-18-10-19(31-2)23(25)21(22(18)24)14-3-4-17-15(9-14)12-28-20(29-17)8-13-7-16(5-6-26)27-11-13;3-2(4,5)1-6;;;;/h6-7,12-14,16,19H,8,10-11,15H2,1-5H3;3-4,9-10,12-13,16,27H,5,7-8,11H2,1-2H3;1H;4*1H2/t16-,19-;13-,16-;;;;;/m11...../s1. The quantitative estimate of drug-likeness (QED) is 0.114. The minimum absolute atomic E-state index is 0. The Morgan fingerprint density at radius 2 is 1.11 bits per heavy atom. The zero-order valence-corrected chi connectivity index (χ0v) is 51.0. The number of rotatable bonds is 12. The number of alkyl halides is 3. The summed E-state index contributed by atoms with van der Waals surface area (Å²) in [5.74, 6) is 3.95. The highest BCUT2D eigenvalue weighted by Gasteiger charge is 2.38. The average Bonchev–Trinajstić information content (AvgIpc) is 4.00. The smallest absolute Gasteiger partial charge is 0.446 e. The van der Waals surface area contributed by atoms with Crippen LogP contribution in [0, 0.1) is 34.5 Å². The Morgan fingerprint density at radius 1 is 0.696 bits per heavy atom. The number of halogens is 7. The Bertz CT molecular complexity index is 3100. The highest BCUT2D eigenvalue weighted by Crippen LogP contribution is 2.48. The number of aldehydes is 1. The maximum absolute atomic E-state index is 12.7. The fourth-order valence-corrected chi connectivity index (χ4v) is 10.2. The SMILES string of the molecule is COc1cc(OC)c(Cl)c(-c2ccc3nc(C[C@@H]4CN[C@H](CC#N)C4)ncc3c2)c1Cl.COc1cc(OC)c(Cl)c(-c2ccc3nc(C[C@H]4C[C@@H](CC#N)N(C(=O)OC(C)(C)C)C4)ncc3c2)c1Cl.O=CC(F)(F)F.S.S.S.S. The van der Waals surface area contributed by atoms with E-state index in [9.17, 15) is 23.2 Å². The lowest BCUT2D eigenvalue weighted by atomic mass is 10.00. The predicted molar refractivity (Wildman–Crippen MR) is 322 cm³/mol. The van der Waals surface area contributed by atoms with Crippen LogP contribution in [0.3, 0.4) is 0 Å². The topological polar surface area (TPSA) is 195 Å². The molecule has 2 aromatic heterocycles. The van der Waals surface area contributed by atoms with Crippen molar-refractivity contribution >= 4 is 135 Å². The van der Waals surface area contributed by atoms with Gasteiger partial charge in [-0.05, 0) is 87.4 Å². The molecule has 0 spiro atoms. The summed E-state index contributed by atoms with van der Waals surface area (Å²) in [4.78, 5) is 41.8. The van der Waals surface area contributed by atoms with Crippen LogP contribution in [0.5, 0.6) is 23.0 Å². The van der Waals surface area contributed by atoms with Crippen LogP contribution >= 0.6 is 100 Å². The minimum atomic E-state index is -4.64. The number of nitrogens with zero attached hydrogens (tertiary/aromatic N) is 7. The molecule has 1 N–H and O–H groups in total. The van der Waals surface area contributed by atoms with E-state index in [1.165, 1.54) is 14.2 Å². The van der Waals surface area contributed by atoms with Crippen molar-refractivity contribution in [2.24, 2.45) is 11.8 Å². The lowest BCUT2D eigenvalue weighted by Gasteiger charge is -2.27. The molecule has 2 aliphatic rings. The number of fused-ring (bicyclic) bond motifs is 2. The van der Waals surface area contributed by atoms with Gasteiger partial charge in [-0.15, -0.1) is 0 Å². The summed E-state index contributed by atoms with van der Waals surface area (Å²) >= 11 is 26.3. The molecular formula is C53H61Cl4F3N8O7S4. The van der Waals surface area contributed by atoms with Crippen LogP contribution in [0.1, 0.15) is 58.1 Å². The second-order valence-corrected chi connectivity index (χ2v) is 20.1. The van der Waals surface area contributed by atoms with Crippen LogP contribution in [0.2, 0.25) is 20.1 Å². The molecule has 4 atom stereocenters. The van der Waals surface area contributed by atoms with Gasteiger partial charge in [-0.3, -0.25) is 4.79 Å². The number of benzene rings is 4. The van der Waals surface area contributed by atoms with Crippen LogP contribution < -0.4 is 24.3 Å². The van der Waals surface area contributed by atoms with Gasteiger partial charge < -0.3 is 33.9 Å². The molecule has 4 heterocycles. The van der Waals surface area contributed by atoms with Crippen molar-refractivity contribution < 1.29 is 46.4 Å². The number of carbonyl (C=O) groups is 2. The van der Waals surface area contributed by atoms with Crippen LogP contribution in [0.15, 0.2) is 60.9 Å². The van der Waals surface area contributed by atoms with E-state index >= 15 is 0 Å². The summed E-state index contributed by atoms with van der Waals surface area (Å²) in [6.45, 7) is 6.88. The molecule has 2 saturated heterocycles. The third-order valence-corrected chi connectivity index (χ3v) is 13.7. The summed E-state index contributed by atoms with van der Waals surface area (Å²) in [7, 11) is 6.17. The second kappa shape index (κ2) is 31.3. The first-order valence-corrected chi connectivity index (χ1v) is 24.9. The van der Waals surface area contributed by atoms with Gasteiger partial charge in [0.1, 0.15) is 40.2 Å². The van der Waals surface area contributed by atoms with Crippen LogP contribution in [-0.2, 0) is 22.4 Å². The normalized spacial score (nSPS) is 16.3. The second-order valence-electron chi connectivity index (χ2n) is 18.6. The number of hydrogen-bond acceptors (Lipinski definition) is 14. The van der Waals surface area contributed by atoms with Crippen LogP contribution in [0.4, 0.5) is 18.0 Å². The molecule has 26 heteroatoms. The van der Waals surface area contributed by atoms with Gasteiger partial charge in [0.15, 0.2) is 0 Å². The largest absolute Gasteiger partial charge is 0.495 e. The maximum Gasteiger partial charge on any atom is 0.446 e. The fraction of sp³-hybridized carbons (Fsp3) is 0.396. The predicted octanol–water partition coefficient (Wildman–Crippen LogP) is 13.0. The Morgan fingerprint density at radius 3 is 1.49 bits per heavy atom. The van der Waals surface area contributed by atoms with Crippen molar-refractivity contribution in [2.45, 2.75) is 83.2 Å². The number of carbonyl (C=O) groups excluding carboxylic acids is 2. The highest BCUT2D eigenvalue weighted by atomic mass is 35.5. The monoisotopic (exact) mass is 1250 g/mol. The van der Waals surface area contributed by atoms with E-state index in [1.54, 1.807) is 37.4 Å². The molecule has 0 saturated carbocycles. The van der Waals surface area contributed by atoms with Gasteiger partial charge in [-0.2, -0.15) is 77.7 Å². The van der Waals surface area contributed by atoms with E-state index in [1.807, 2.05) is 63.4 Å². The summed E-state index contributed by atoms with van der Waals surface area (Å²) in [6.07, 6.45) is 1.36. The molecule has 15 nitrogen and oxygen atoms in total. The molecule has 79 heavy (non-hydrogen) atoms. The summed E-state index contributed by atoms with van der Waals surface area (Å²) in [5, 5.41) is 24.9. The number of aromatic nitrogens is 4. The van der Waals surface area contributed by atoms with Gasteiger partial charge in [-0.25, -0.2) is 24.7 Å². The van der Waals surface area contributed by atoms with Gasteiger partial charge in [0.25, 0.3) is 0 Å². The zero-order valence-electron chi connectivity index (χ0n) is 44.0. The van der Waals surface area contributed by atoms with Gasteiger partial charge in [0.2, 0.25) is 6.29 Å². The van der Waals surface area contributed by atoms with Crippen LogP contribution in [-0.4, -0.2) is 103 Å². The Labute approximate surface area is 504 Å². The molecule has 0 unspecified atom stereocenters. The van der Waals surface area contributed by atoms with Gasteiger partial charge in [0.05, 0.1) is 84.5 Å². The first-order valence-electron chi connectivity index (χ1n) is 23.4. The number of nitrogens with one attached hydrogen (secondary N) is 1. The van der Waals surface area contributed by atoms with Crippen molar-refractivity contribution in [3.8, 4) is 57.4 Å². The number of methoxy groups -OCH3 is 4. The van der Waals surface area contributed by atoms with Crippen molar-refractivity contribution in [2.75, 3.05) is 41.5 Å². The van der Waals surface area contributed by atoms with E-state index in [0.29, 0.717) is 91.8 Å². The van der Waals surface area contributed by atoms with Crippen molar-refractivity contribution in [1.82, 2.24) is 30.2 Å². The Kier molecular flexibility index (Phi) is 27.7. The van der Waals surface area contributed by atoms with E-state index < -0.39 is 24.2 Å². The van der Waals surface area contributed by atoms with E-state index in [4.69, 9.17) is 90.1 Å². The van der Waals surface area contributed by atoms with E-state index in [0.717, 1.165) is 58.1 Å². The van der Waals surface area contributed by atoms with E-state index in [-0.39, 0.29) is 78.4 Å². The van der Waals surface area contributed by atoms with Crippen molar-refractivity contribution in [1.29, 1.82) is 10.5 Å². The molecule has 2 aliphatic heterocycles. The lowest BCUT2D eigenvalue weighted by Crippen LogP contribution is -2.39. The molecule has 0 radical (unpaired) electrons. The van der Waals surface area contributed by atoms with E-state index in [2.05, 4.69) is 27.4 Å². The summed E-state index contributed by atoms with van der Waals surface area (Å²) in [5.41, 5.74) is 3.89. The molecular weight excluding hydrogens is 1190 g/mol. The number of hydrogen-bond donors (Lipinski definition) is 1.